The topological polar surface area (TPSA) is 52.1 Å². The van der Waals surface area contributed by atoms with Crippen molar-refractivity contribution in [3.8, 4) is 11.1 Å². The van der Waals surface area contributed by atoms with Crippen molar-refractivity contribution >= 4 is 17.6 Å². The summed E-state index contributed by atoms with van der Waals surface area (Å²) >= 11 is 5.86. The van der Waals surface area contributed by atoms with Gasteiger partial charge in [-0.3, -0.25) is 0 Å². The van der Waals surface area contributed by atoms with Crippen LogP contribution >= 0.6 is 11.6 Å². The van der Waals surface area contributed by atoms with E-state index >= 15 is 0 Å². The fourth-order valence-corrected chi connectivity index (χ4v) is 2.29. The highest BCUT2D eigenvalue weighted by Gasteiger charge is 2.13. The van der Waals surface area contributed by atoms with Crippen molar-refractivity contribution in [3.63, 3.8) is 0 Å². The zero-order chi connectivity index (χ0) is 16.1. The molecular formula is C18H13ClN2O2. The van der Waals surface area contributed by atoms with Crippen LogP contribution in [0.5, 0.6) is 0 Å². The van der Waals surface area contributed by atoms with E-state index in [1.807, 2.05) is 54.6 Å². The highest BCUT2D eigenvalue weighted by atomic mass is 35.5. The summed E-state index contributed by atoms with van der Waals surface area (Å²) in [6.45, 7) is 0.161. The third kappa shape index (κ3) is 3.73. The van der Waals surface area contributed by atoms with E-state index < -0.39 is 5.97 Å². The number of carbonyl (C=O) groups excluding carboxylic acids is 1. The molecule has 0 aliphatic carbocycles. The molecule has 3 rings (SSSR count). The van der Waals surface area contributed by atoms with Gasteiger partial charge in [-0.2, -0.15) is 0 Å². The number of halogens is 1. The standard InChI is InChI=1S/C18H13ClN2O2/c19-16-10-20-12-21-17(16)18(22)23-11-13-6-8-15(9-7-13)14-4-2-1-3-5-14/h1-10,12H,11H2. The maximum absolute atomic E-state index is 11.9. The number of esters is 1. The maximum atomic E-state index is 11.9. The van der Waals surface area contributed by atoms with Crippen molar-refractivity contribution in [2.45, 2.75) is 6.61 Å². The molecule has 0 spiro atoms. The molecule has 4 nitrogen and oxygen atoms in total. The van der Waals surface area contributed by atoms with Crippen LogP contribution < -0.4 is 0 Å². The Morgan fingerprint density at radius 2 is 1.70 bits per heavy atom. The summed E-state index contributed by atoms with van der Waals surface area (Å²) in [6, 6.07) is 17.9. The van der Waals surface area contributed by atoms with Crippen LogP contribution in [-0.2, 0) is 11.3 Å². The minimum atomic E-state index is -0.565. The van der Waals surface area contributed by atoms with Gasteiger partial charge in [-0.05, 0) is 16.7 Å². The van der Waals surface area contributed by atoms with Gasteiger partial charge >= 0.3 is 5.97 Å². The molecular weight excluding hydrogens is 312 g/mol. The van der Waals surface area contributed by atoms with E-state index in [1.54, 1.807) is 0 Å². The summed E-state index contributed by atoms with van der Waals surface area (Å²) in [5.74, 6) is -0.565. The smallest absolute Gasteiger partial charge is 0.358 e. The molecule has 0 saturated carbocycles. The fraction of sp³-hybridized carbons (Fsp3) is 0.0556. The first kappa shape index (κ1) is 15.2. The Balaban J connectivity index is 1.65. The van der Waals surface area contributed by atoms with Gasteiger partial charge in [-0.15, -0.1) is 0 Å². The van der Waals surface area contributed by atoms with Crippen LogP contribution in [0.15, 0.2) is 67.1 Å². The molecule has 0 unspecified atom stereocenters. The second kappa shape index (κ2) is 7.03. The summed E-state index contributed by atoms with van der Waals surface area (Å²) in [5.41, 5.74) is 3.22. The van der Waals surface area contributed by atoms with Gasteiger partial charge in [-0.25, -0.2) is 14.8 Å². The maximum Gasteiger partial charge on any atom is 0.358 e. The number of hydrogen-bond acceptors (Lipinski definition) is 4. The number of aromatic nitrogens is 2. The Kier molecular flexibility index (Phi) is 4.64. The molecule has 1 heterocycles. The SMILES string of the molecule is O=C(OCc1ccc(-c2ccccc2)cc1)c1ncncc1Cl. The second-order valence-corrected chi connectivity index (χ2v) is 5.27. The van der Waals surface area contributed by atoms with Crippen molar-refractivity contribution < 1.29 is 9.53 Å². The highest BCUT2D eigenvalue weighted by Crippen LogP contribution is 2.20. The van der Waals surface area contributed by atoms with Gasteiger partial charge in [0.05, 0.1) is 5.02 Å². The molecule has 0 aliphatic heterocycles. The minimum absolute atomic E-state index is 0.0718. The summed E-state index contributed by atoms with van der Waals surface area (Å²) in [6.07, 6.45) is 2.62. The van der Waals surface area contributed by atoms with Gasteiger partial charge < -0.3 is 4.74 Å². The number of ether oxygens (including phenoxy) is 1. The molecule has 5 heteroatoms. The zero-order valence-corrected chi connectivity index (χ0v) is 12.9. The molecule has 114 valence electrons. The molecule has 0 fully saturated rings. The summed E-state index contributed by atoms with van der Waals surface area (Å²) in [4.78, 5) is 19.5. The summed E-state index contributed by atoms with van der Waals surface area (Å²) in [7, 11) is 0. The minimum Gasteiger partial charge on any atom is -0.456 e. The third-order valence-electron chi connectivity index (χ3n) is 3.29. The summed E-state index contributed by atoms with van der Waals surface area (Å²) < 4.78 is 5.23. The average molecular weight is 325 g/mol. The van der Waals surface area contributed by atoms with Crippen molar-refractivity contribution in [3.05, 3.63) is 83.4 Å². The Bertz CT molecular complexity index is 805. The van der Waals surface area contributed by atoms with Gasteiger partial charge in [0, 0.05) is 6.20 Å². The molecule has 0 bridgehead atoms. The van der Waals surface area contributed by atoms with Crippen molar-refractivity contribution in [2.24, 2.45) is 0 Å². The highest BCUT2D eigenvalue weighted by molar-refractivity contribution is 6.33. The van der Waals surface area contributed by atoms with Crippen molar-refractivity contribution in [1.82, 2.24) is 9.97 Å². The molecule has 0 radical (unpaired) electrons. The largest absolute Gasteiger partial charge is 0.456 e. The predicted octanol–water partition coefficient (Wildman–Crippen LogP) is 4.15. The lowest BCUT2D eigenvalue weighted by molar-refractivity contribution is 0.0465. The van der Waals surface area contributed by atoms with E-state index in [-0.39, 0.29) is 17.3 Å². The first-order chi connectivity index (χ1) is 11.2. The molecule has 0 saturated heterocycles. The molecule has 3 aromatic rings. The first-order valence-corrected chi connectivity index (χ1v) is 7.39. The molecule has 0 aliphatic rings. The lowest BCUT2D eigenvalue weighted by atomic mass is 10.0. The Morgan fingerprint density at radius 3 is 2.39 bits per heavy atom. The van der Waals surface area contributed by atoms with E-state index in [9.17, 15) is 4.79 Å². The first-order valence-electron chi connectivity index (χ1n) is 7.01. The van der Waals surface area contributed by atoms with E-state index in [0.29, 0.717) is 0 Å². The van der Waals surface area contributed by atoms with Gasteiger partial charge in [0.2, 0.25) is 0 Å². The fourth-order valence-electron chi connectivity index (χ4n) is 2.10. The van der Waals surface area contributed by atoms with Crippen LogP contribution in [-0.4, -0.2) is 15.9 Å². The lowest BCUT2D eigenvalue weighted by Gasteiger charge is -2.06. The quantitative estimate of drug-likeness (QED) is 0.676. The molecule has 0 atom stereocenters. The van der Waals surface area contributed by atoms with Crippen LogP contribution in [0.25, 0.3) is 11.1 Å². The van der Waals surface area contributed by atoms with Crippen LogP contribution in [0.2, 0.25) is 5.02 Å². The Labute approximate surface area is 138 Å². The molecule has 1 aromatic heterocycles. The Hall–Kier alpha value is -2.72. The van der Waals surface area contributed by atoms with Crippen molar-refractivity contribution in [2.75, 3.05) is 0 Å². The zero-order valence-electron chi connectivity index (χ0n) is 12.1. The van der Waals surface area contributed by atoms with Gasteiger partial charge in [-0.1, -0.05) is 66.2 Å². The van der Waals surface area contributed by atoms with E-state index in [4.69, 9.17) is 16.3 Å². The normalized spacial score (nSPS) is 10.3. The number of hydrogen-bond donors (Lipinski definition) is 0. The molecule has 0 amide bonds. The van der Waals surface area contributed by atoms with Crippen LogP contribution in [0.1, 0.15) is 16.1 Å². The van der Waals surface area contributed by atoms with E-state index in [0.717, 1.165) is 16.7 Å². The monoisotopic (exact) mass is 324 g/mol. The number of rotatable bonds is 4. The van der Waals surface area contributed by atoms with E-state index in [1.165, 1.54) is 12.5 Å². The summed E-state index contributed by atoms with van der Waals surface area (Å²) in [5, 5.41) is 0.178. The molecule has 2 aromatic carbocycles. The van der Waals surface area contributed by atoms with Gasteiger partial charge in [0.25, 0.3) is 0 Å². The van der Waals surface area contributed by atoms with Crippen LogP contribution in [0, 0.1) is 0 Å². The lowest BCUT2D eigenvalue weighted by Crippen LogP contribution is -2.08. The second-order valence-electron chi connectivity index (χ2n) is 4.86. The average Bonchev–Trinajstić information content (AvgIpc) is 2.61. The molecule has 0 N–H and O–H groups in total. The van der Waals surface area contributed by atoms with Gasteiger partial charge in [0.1, 0.15) is 12.9 Å². The number of benzene rings is 2. The Morgan fingerprint density at radius 1 is 1.00 bits per heavy atom. The third-order valence-corrected chi connectivity index (χ3v) is 3.57. The van der Waals surface area contributed by atoms with Crippen LogP contribution in [0.4, 0.5) is 0 Å². The number of carbonyl (C=O) groups is 1. The van der Waals surface area contributed by atoms with Gasteiger partial charge in [0.15, 0.2) is 5.69 Å². The van der Waals surface area contributed by atoms with Crippen molar-refractivity contribution in [1.29, 1.82) is 0 Å². The van der Waals surface area contributed by atoms with Crippen LogP contribution in [0.3, 0.4) is 0 Å². The number of nitrogens with zero attached hydrogens (tertiary/aromatic N) is 2. The van der Waals surface area contributed by atoms with E-state index in [2.05, 4.69) is 9.97 Å². The predicted molar refractivity (Wildman–Crippen MR) is 88.0 cm³/mol. The molecule has 23 heavy (non-hydrogen) atoms.